The quantitative estimate of drug-likeness (QED) is 0.266. The van der Waals surface area contributed by atoms with Crippen molar-refractivity contribution in [2.75, 3.05) is 39.6 Å². The summed E-state index contributed by atoms with van der Waals surface area (Å²) in [6.07, 6.45) is 0. The van der Waals surface area contributed by atoms with Crippen LogP contribution in [0.25, 0.3) is 0 Å². The van der Waals surface area contributed by atoms with E-state index in [1.807, 2.05) is 13.8 Å². The fraction of sp³-hybridized carbons (Fsp3) is 0.769. The lowest BCUT2D eigenvalue weighted by atomic mass is 10.0. The first kappa shape index (κ1) is 21.2. The summed E-state index contributed by atoms with van der Waals surface area (Å²) in [7, 11) is 0. The van der Waals surface area contributed by atoms with Crippen molar-refractivity contribution in [1.29, 1.82) is 0 Å². The van der Waals surface area contributed by atoms with E-state index in [0.29, 0.717) is 0 Å². The standard InChI is InChI=1S/C13H26N4O6/c1-9(2)17-13(6-21-3-10(14)18,7-22-4-11(15)19)8-23-5-12(16)20/h9,17H,3-8H2,1-2H3,(H2,14,18)(H2,15,19)(H2,16,20). The first-order valence-corrected chi connectivity index (χ1v) is 7.03. The van der Waals surface area contributed by atoms with Crippen LogP contribution in [0.2, 0.25) is 0 Å². The maximum atomic E-state index is 10.8. The van der Waals surface area contributed by atoms with E-state index in [1.165, 1.54) is 0 Å². The molecule has 0 aromatic carbocycles. The Bertz CT molecular complexity index is 352. The lowest BCUT2D eigenvalue weighted by Gasteiger charge is -2.35. The summed E-state index contributed by atoms with van der Waals surface area (Å²) in [6, 6.07) is 0.00142. The zero-order valence-corrected chi connectivity index (χ0v) is 13.5. The molecule has 0 aliphatic carbocycles. The summed E-state index contributed by atoms with van der Waals surface area (Å²) in [5, 5.41) is 3.18. The fourth-order valence-electron chi connectivity index (χ4n) is 1.90. The van der Waals surface area contributed by atoms with Crippen molar-refractivity contribution in [2.45, 2.75) is 25.4 Å². The second kappa shape index (κ2) is 10.9. The van der Waals surface area contributed by atoms with Gasteiger partial charge in [0.05, 0.1) is 25.4 Å². The van der Waals surface area contributed by atoms with Crippen molar-refractivity contribution < 1.29 is 28.6 Å². The molecule has 0 aromatic heterocycles. The number of nitrogens with two attached hydrogens (primary N) is 3. The number of hydrogen-bond acceptors (Lipinski definition) is 7. The molecule has 7 N–H and O–H groups in total. The zero-order chi connectivity index (χ0) is 17.9. The Hall–Kier alpha value is -1.75. The second-order valence-electron chi connectivity index (χ2n) is 5.46. The van der Waals surface area contributed by atoms with Crippen LogP contribution in [0.4, 0.5) is 0 Å². The van der Waals surface area contributed by atoms with E-state index in [-0.39, 0.29) is 45.7 Å². The van der Waals surface area contributed by atoms with Crippen LogP contribution in [0.15, 0.2) is 0 Å². The van der Waals surface area contributed by atoms with E-state index in [4.69, 9.17) is 31.4 Å². The van der Waals surface area contributed by atoms with Crippen LogP contribution in [0.5, 0.6) is 0 Å². The molecule has 0 unspecified atom stereocenters. The van der Waals surface area contributed by atoms with Crippen LogP contribution in [0.3, 0.4) is 0 Å². The third-order valence-corrected chi connectivity index (χ3v) is 2.46. The Kier molecular flexibility index (Phi) is 10.1. The monoisotopic (exact) mass is 334 g/mol. The van der Waals surface area contributed by atoms with Gasteiger partial charge in [0.15, 0.2) is 0 Å². The van der Waals surface area contributed by atoms with Crippen molar-refractivity contribution in [3.63, 3.8) is 0 Å². The van der Waals surface area contributed by atoms with Crippen LogP contribution >= 0.6 is 0 Å². The Morgan fingerprint density at radius 2 is 1.13 bits per heavy atom. The first-order valence-electron chi connectivity index (χ1n) is 7.03. The van der Waals surface area contributed by atoms with E-state index >= 15 is 0 Å². The third-order valence-electron chi connectivity index (χ3n) is 2.46. The van der Waals surface area contributed by atoms with Crippen LogP contribution < -0.4 is 22.5 Å². The van der Waals surface area contributed by atoms with Gasteiger partial charge in [-0.05, 0) is 0 Å². The number of amides is 3. The van der Waals surface area contributed by atoms with Gasteiger partial charge in [0.2, 0.25) is 17.7 Å². The van der Waals surface area contributed by atoms with Crippen molar-refractivity contribution in [3.8, 4) is 0 Å². The number of hydrogen-bond donors (Lipinski definition) is 4. The molecule has 0 atom stereocenters. The summed E-state index contributed by atoms with van der Waals surface area (Å²) in [6.45, 7) is 2.92. The highest BCUT2D eigenvalue weighted by Crippen LogP contribution is 2.10. The van der Waals surface area contributed by atoms with E-state index < -0.39 is 23.3 Å². The zero-order valence-electron chi connectivity index (χ0n) is 13.5. The minimum absolute atomic E-state index is 0.00142. The van der Waals surface area contributed by atoms with Crippen molar-refractivity contribution >= 4 is 17.7 Å². The first-order chi connectivity index (χ1) is 10.7. The van der Waals surface area contributed by atoms with Gasteiger partial charge in [0, 0.05) is 6.04 Å². The SMILES string of the molecule is CC(C)NC(COCC(N)=O)(COCC(N)=O)COCC(N)=O. The van der Waals surface area contributed by atoms with Gasteiger partial charge in [0.1, 0.15) is 19.8 Å². The molecule has 134 valence electrons. The lowest BCUT2D eigenvalue weighted by molar-refractivity contribution is -0.128. The number of rotatable bonds is 14. The summed E-state index contributed by atoms with van der Waals surface area (Å²) >= 11 is 0. The molecule has 0 aliphatic heterocycles. The van der Waals surface area contributed by atoms with Crippen LogP contribution in [-0.4, -0.2) is 68.9 Å². The lowest BCUT2D eigenvalue weighted by Crippen LogP contribution is -2.59. The van der Waals surface area contributed by atoms with Gasteiger partial charge in [-0.1, -0.05) is 13.8 Å². The van der Waals surface area contributed by atoms with Gasteiger partial charge in [0.25, 0.3) is 0 Å². The maximum Gasteiger partial charge on any atom is 0.243 e. The molecule has 0 saturated heterocycles. The minimum atomic E-state index is -0.908. The molecule has 0 rings (SSSR count). The topological polar surface area (TPSA) is 169 Å². The molecule has 0 radical (unpaired) electrons. The molecule has 0 bridgehead atoms. The van der Waals surface area contributed by atoms with Gasteiger partial charge >= 0.3 is 0 Å². The molecular weight excluding hydrogens is 308 g/mol. The average molecular weight is 334 g/mol. The second-order valence-corrected chi connectivity index (χ2v) is 5.46. The van der Waals surface area contributed by atoms with Crippen molar-refractivity contribution in [3.05, 3.63) is 0 Å². The maximum absolute atomic E-state index is 10.8. The normalized spacial score (nSPS) is 11.6. The van der Waals surface area contributed by atoms with E-state index in [1.54, 1.807) is 0 Å². The van der Waals surface area contributed by atoms with Gasteiger partial charge in [-0.3, -0.25) is 14.4 Å². The molecule has 0 spiro atoms. The predicted octanol–water partition coefficient (Wildman–Crippen LogP) is -2.77. The highest BCUT2D eigenvalue weighted by Gasteiger charge is 2.33. The Morgan fingerprint density at radius 1 is 0.826 bits per heavy atom. The predicted molar refractivity (Wildman–Crippen MR) is 81.0 cm³/mol. The van der Waals surface area contributed by atoms with Crippen LogP contribution in [-0.2, 0) is 28.6 Å². The molecule has 0 heterocycles. The largest absolute Gasteiger partial charge is 0.370 e. The number of carbonyl (C=O) groups is 3. The third kappa shape index (κ3) is 11.5. The highest BCUT2D eigenvalue weighted by atomic mass is 16.5. The summed E-state index contributed by atoms with van der Waals surface area (Å²) in [5.74, 6) is -1.88. The molecule has 0 saturated carbocycles. The van der Waals surface area contributed by atoms with Crippen LogP contribution in [0.1, 0.15) is 13.8 Å². The Labute approximate surface area is 135 Å². The van der Waals surface area contributed by atoms with E-state index in [9.17, 15) is 14.4 Å². The molecule has 0 aromatic rings. The Balaban J connectivity index is 4.88. The van der Waals surface area contributed by atoms with Crippen LogP contribution in [0, 0.1) is 0 Å². The van der Waals surface area contributed by atoms with Gasteiger partial charge in [-0.2, -0.15) is 0 Å². The summed E-state index contributed by atoms with van der Waals surface area (Å²) in [5.41, 5.74) is 14.2. The molecule has 3 amide bonds. The molecule has 10 heteroatoms. The molecule has 23 heavy (non-hydrogen) atoms. The van der Waals surface area contributed by atoms with Crippen molar-refractivity contribution in [1.82, 2.24) is 5.32 Å². The number of ether oxygens (including phenoxy) is 3. The van der Waals surface area contributed by atoms with Crippen molar-refractivity contribution in [2.24, 2.45) is 17.2 Å². The average Bonchev–Trinajstić information content (AvgIpc) is 2.36. The van der Waals surface area contributed by atoms with Gasteiger partial charge < -0.3 is 36.7 Å². The van der Waals surface area contributed by atoms with E-state index in [0.717, 1.165) is 0 Å². The van der Waals surface area contributed by atoms with E-state index in [2.05, 4.69) is 5.32 Å². The summed E-state index contributed by atoms with van der Waals surface area (Å²) in [4.78, 5) is 32.4. The number of primary amides is 3. The van der Waals surface area contributed by atoms with Gasteiger partial charge in [-0.15, -0.1) is 0 Å². The highest BCUT2D eigenvalue weighted by molar-refractivity contribution is 5.75. The molecule has 10 nitrogen and oxygen atoms in total. The summed E-state index contributed by atoms with van der Waals surface area (Å²) < 4.78 is 15.7. The molecule has 0 fully saturated rings. The molecular formula is C13H26N4O6. The number of carbonyl (C=O) groups excluding carboxylic acids is 3. The number of nitrogens with one attached hydrogen (secondary N) is 1. The van der Waals surface area contributed by atoms with Gasteiger partial charge in [-0.25, -0.2) is 0 Å². The minimum Gasteiger partial charge on any atom is -0.370 e. The molecule has 0 aliphatic rings. The Morgan fingerprint density at radius 3 is 1.35 bits per heavy atom. The fourth-order valence-corrected chi connectivity index (χ4v) is 1.90. The smallest absolute Gasteiger partial charge is 0.243 e.